The Kier molecular flexibility index (Phi) is 7.33. The van der Waals surface area contributed by atoms with Crippen LogP contribution in [0.3, 0.4) is 0 Å². The van der Waals surface area contributed by atoms with Crippen molar-refractivity contribution < 1.29 is 14.3 Å². The van der Waals surface area contributed by atoms with Gasteiger partial charge < -0.3 is 24.6 Å². The van der Waals surface area contributed by atoms with Crippen molar-refractivity contribution in [2.24, 2.45) is 5.92 Å². The molecule has 2 aliphatic heterocycles. The van der Waals surface area contributed by atoms with Crippen molar-refractivity contribution in [3.63, 3.8) is 0 Å². The van der Waals surface area contributed by atoms with Crippen molar-refractivity contribution in [1.82, 2.24) is 4.90 Å². The van der Waals surface area contributed by atoms with Crippen LogP contribution in [0.4, 0.5) is 16.2 Å². The minimum atomic E-state index is -0.260. The molecular weight excluding hydrogens is 452 g/mol. The van der Waals surface area contributed by atoms with Gasteiger partial charge in [0.15, 0.2) is 0 Å². The van der Waals surface area contributed by atoms with Crippen LogP contribution in [-0.4, -0.2) is 50.4 Å². The number of hydrogen-bond donors (Lipinski definition) is 1. The van der Waals surface area contributed by atoms with Gasteiger partial charge >= 0.3 is 6.03 Å². The summed E-state index contributed by atoms with van der Waals surface area (Å²) in [5.74, 6) is 1.23. The highest BCUT2D eigenvalue weighted by molar-refractivity contribution is 5.89. The lowest BCUT2D eigenvalue weighted by Gasteiger charge is -2.41. The molecule has 0 spiro atoms. The van der Waals surface area contributed by atoms with E-state index in [1.54, 1.807) is 7.11 Å². The highest BCUT2D eigenvalue weighted by atomic mass is 16.5. The van der Waals surface area contributed by atoms with Gasteiger partial charge in [0.25, 0.3) is 0 Å². The van der Waals surface area contributed by atoms with Gasteiger partial charge in [-0.2, -0.15) is 5.26 Å². The summed E-state index contributed by atoms with van der Waals surface area (Å²) in [5.41, 5.74) is 4.04. The van der Waals surface area contributed by atoms with E-state index in [-0.39, 0.29) is 18.0 Å². The summed E-state index contributed by atoms with van der Waals surface area (Å²) in [5, 5.41) is 13.3. The van der Waals surface area contributed by atoms with Crippen molar-refractivity contribution in [2.75, 3.05) is 43.6 Å². The molecule has 5 rings (SSSR count). The van der Waals surface area contributed by atoms with E-state index in [0.717, 1.165) is 67.0 Å². The van der Waals surface area contributed by atoms with E-state index in [1.807, 2.05) is 29.2 Å². The Bertz CT molecular complexity index is 1100. The van der Waals surface area contributed by atoms with E-state index in [9.17, 15) is 10.1 Å². The van der Waals surface area contributed by atoms with Crippen LogP contribution < -0.4 is 15.0 Å². The zero-order chi connectivity index (χ0) is 25.1. The monoisotopic (exact) mass is 488 g/mol. The number of carbonyl (C=O) groups excluding carboxylic acids is 1. The number of urea groups is 1. The molecule has 0 aromatic heterocycles. The van der Waals surface area contributed by atoms with Crippen molar-refractivity contribution >= 4 is 17.4 Å². The number of piperidine rings is 1. The van der Waals surface area contributed by atoms with Crippen LogP contribution in [0.1, 0.15) is 62.1 Å². The van der Waals surface area contributed by atoms with E-state index in [2.05, 4.69) is 41.4 Å². The zero-order valence-electron chi connectivity index (χ0n) is 21.3. The number of fused-ring (bicyclic) bond motifs is 1. The fourth-order valence-electron chi connectivity index (χ4n) is 5.58. The number of likely N-dealkylation sites (tertiary alicyclic amines) is 1. The summed E-state index contributed by atoms with van der Waals surface area (Å²) in [6.45, 7) is 4.89. The summed E-state index contributed by atoms with van der Waals surface area (Å²) >= 11 is 0. The van der Waals surface area contributed by atoms with Crippen molar-refractivity contribution in [2.45, 2.75) is 57.0 Å². The number of benzene rings is 2. The largest absolute Gasteiger partial charge is 0.491 e. The molecule has 3 aliphatic rings. The first-order valence-corrected chi connectivity index (χ1v) is 13.2. The molecule has 1 saturated carbocycles. The van der Waals surface area contributed by atoms with Gasteiger partial charge in [0.05, 0.1) is 24.6 Å². The first-order chi connectivity index (χ1) is 17.6. The van der Waals surface area contributed by atoms with Crippen LogP contribution >= 0.6 is 0 Å². The molecule has 2 aromatic carbocycles. The number of ether oxygens (including phenoxy) is 2. The van der Waals surface area contributed by atoms with Gasteiger partial charge in [-0.25, -0.2) is 4.79 Å². The third-order valence-electron chi connectivity index (χ3n) is 7.97. The van der Waals surface area contributed by atoms with E-state index in [0.29, 0.717) is 25.2 Å². The average molecular weight is 489 g/mol. The molecule has 1 saturated heterocycles. The number of carbonyl (C=O) groups is 1. The number of amides is 2. The molecule has 36 heavy (non-hydrogen) atoms. The molecule has 2 heterocycles. The second-order valence-corrected chi connectivity index (χ2v) is 10.3. The lowest BCUT2D eigenvalue weighted by Crippen LogP contribution is -2.41. The lowest BCUT2D eigenvalue weighted by molar-refractivity contribution is 0.146. The van der Waals surface area contributed by atoms with Crippen LogP contribution in [0.25, 0.3) is 0 Å². The molecule has 190 valence electrons. The molecule has 0 bridgehead atoms. The summed E-state index contributed by atoms with van der Waals surface area (Å²) in [4.78, 5) is 17.1. The number of hydrogen-bond acceptors (Lipinski definition) is 5. The number of nitriles is 1. The van der Waals surface area contributed by atoms with Gasteiger partial charge in [0, 0.05) is 43.7 Å². The Morgan fingerprint density at radius 3 is 2.47 bits per heavy atom. The van der Waals surface area contributed by atoms with E-state index >= 15 is 0 Å². The Hall–Kier alpha value is -3.24. The van der Waals surface area contributed by atoms with E-state index in [4.69, 9.17) is 9.47 Å². The van der Waals surface area contributed by atoms with E-state index in [1.165, 1.54) is 6.42 Å². The fraction of sp³-hybridized carbons (Fsp3) is 0.517. The molecular formula is C29H36N4O3. The quantitative estimate of drug-likeness (QED) is 0.506. The molecule has 2 unspecified atom stereocenters. The van der Waals surface area contributed by atoms with Crippen molar-refractivity contribution in [1.29, 1.82) is 5.26 Å². The Labute approximate surface area is 214 Å². The Morgan fingerprint density at radius 2 is 1.83 bits per heavy atom. The molecule has 2 atom stereocenters. The SMILES string of the molecule is COCCOc1ccc2c(c1)N(C1CCC1)C(c1ccc(NC(=O)N3CCC(C)CC3)cc1)C2C#N. The average Bonchev–Trinajstić information content (AvgIpc) is 3.17. The van der Waals surface area contributed by atoms with Crippen LogP contribution in [0.5, 0.6) is 5.75 Å². The normalized spacial score (nSPS) is 22.0. The number of nitrogens with zero attached hydrogens (tertiary/aromatic N) is 3. The van der Waals surface area contributed by atoms with Crippen LogP contribution in [-0.2, 0) is 4.74 Å². The molecule has 7 nitrogen and oxygen atoms in total. The molecule has 1 N–H and O–H groups in total. The predicted octanol–water partition coefficient (Wildman–Crippen LogP) is 5.70. The number of methoxy groups -OCH3 is 1. The summed E-state index contributed by atoms with van der Waals surface area (Å²) in [7, 11) is 1.66. The summed E-state index contributed by atoms with van der Waals surface area (Å²) in [6, 6.07) is 17.1. The maximum atomic E-state index is 12.7. The number of anilines is 2. The molecule has 0 radical (unpaired) electrons. The van der Waals surface area contributed by atoms with Gasteiger partial charge in [-0.1, -0.05) is 25.1 Å². The van der Waals surface area contributed by atoms with E-state index < -0.39 is 0 Å². The third kappa shape index (κ3) is 4.87. The van der Waals surface area contributed by atoms with Gasteiger partial charge in [-0.05, 0) is 67.3 Å². The molecule has 1 aliphatic carbocycles. The predicted molar refractivity (Wildman–Crippen MR) is 140 cm³/mol. The van der Waals surface area contributed by atoms with Gasteiger partial charge in [0.1, 0.15) is 12.4 Å². The summed E-state index contributed by atoms with van der Waals surface area (Å²) in [6.07, 6.45) is 5.59. The lowest BCUT2D eigenvalue weighted by atomic mass is 9.87. The van der Waals surface area contributed by atoms with Crippen LogP contribution in [0, 0.1) is 17.2 Å². The highest BCUT2D eigenvalue weighted by Gasteiger charge is 2.44. The molecule has 2 fully saturated rings. The fourth-order valence-corrected chi connectivity index (χ4v) is 5.58. The maximum absolute atomic E-state index is 12.7. The second kappa shape index (κ2) is 10.8. The number of nitrogens with one attached hydrogen (secondary N) is 1. The van der Waals surface area contributed by atoms with Crippen LogP contribution in [0.15, 0.2) is 42.5 Å². The second-order valence-electron chi connectivity index (χ2n) is 10.3. The smallest absolute Gasteiger partial charge is 0.321 e. The minimum Gasteiger partial charge on any atom is -0.491 e. The number of rotatable bonds is 7. The standard InChI is InChI=1S/C29H36N4O3/c1-20-12-14-32(15-13-20)29(34)31-22-8-6-21(7-9-22)28-26(19-30)25-11-10-24(36-17-16-35-2)18-27(25)33(28)23-4-3-5-23/h6-11,18,20,23,26,28H,3-5,12-17H2,1-2H3,(H,31,34). The van der Waals surface area contributed by atoms with Gasteiger partial charge in [0.2, 0.25) is 0 Å². The minimum absolute atomic E-state index is 0.0325. The highest BCUT2D eigenvalue weighted by Crippen LogP contribution is 2.53. The van der Waals surface area contributed by atoms with Crippen molar-refractivity contribution in [3.05, 3.63) is 53.6 Å². The van der Waals surface area contributed by atoms with Gasteiger partial charge in [-0.15, -0.1) is 0 Å². The van der Waals surface area contributed by atoms with Crippen molar-refractivity contribution in [3.8, 4) is 11.8 Å². The maximum Gasteiger partial charge on any atom is 0.321 e. The summed E-state index contributed by atoms with van der Waals surface area (Å²) < 4.78 is 11.0. The van der Waals surface area contributed by atoms with Gasteiger partial charge in [-0.3, -0.25) is 0 Å². The zero-order valence-corrected chi connectivity index (χ0v) is 21.3. The molecule has 2 amide bonds. The topological polar surface area (TPSA) is 77.8 Å². The first-order valence-electron chi connectivity index (χ1n) is 13.2. The molecule has 7 heteroatoms. The Morgan fingerprint density at radius 1 is 1.08 bits per heavy atom. The van der Waals surface area contributed by atoms with Crippen LogP contribution in [0.2, 0.25) is 0 Å². The third-order valence-corrected chi connectivity index (χ3v) is 7.97. The molecule has 2 aromatic rings. The first kappa shape index (κ1) is 24.5. The Balaban J connectivity index is 1.36.